The molecule has 0 spiro atoms. The van der Waals surface area contributed by atoms with E-state index >= 15 is 0 Å². The maximum atomic E-state index is 14.9. The summed E-state index contributed by atoms with van der Waals surface area (Å²) in [5.41, 5.74) is 2.60. The number of benzene rings is 4. The van der Waals surface area contributed by atoms with Crippen molar-refractivity contribution in [2.75, 3.05) is 0 Å². The van der Waals surface area contributed by atoms with Crippen molar-refractivity contribution in [2.24, 2.45) is 5.18 Å². The summed E-state index contributed by atoms with van der Waals surface area (Å²) < 4.78 is 75.1. The molecule has 0 saturated carbocycles. The molecule has 236 valence electrons. The Labute approximate surface area is 272 Å². The molecule has 0 bridgehead atoms. The summed E-state index contributed by atoms with van der Waals surface area (Å²) in [6.45, 7) is -3.18. The van der Waals surface area contributed by atoms with Crippen molar-refractivity contribution in [3.63, 3.8) is 0 Å². The van der Waals surface area contributed by atoms with Gasteiger partial charge in [-0.25, -0.2) is 13.2 Å². The van der Waals surface area contributed by atoms with Crippen LogP contribution >= 0.6 is 23.5 Å². The van der Waals surface area contributed by atoms with Crippen LogP contribution in [0.1, 0.15) is 22.3 Å². The second kappa shape index (κ2) is 13.3. The Hall–Kier alpha value is -5.07. The highest BCUT2D eigenvalue weighted by molar-refractivity contribution is 7.98. The molecule has 0 aliphatic carbocycles. The highest BCUT2D eigenvalue weighted by Crippen LogP contribution is 2.47. The lowest BCUT2D eigenvalue weighted by Gasteiger charge is -2.15. The average Bonchev–Trinajstić information content (AvgIpc) is 3.37. The molecule has 2 heterocycles. The fraction of sp³-hybridized carbons (Fsp3) is 0.0588. The summed E-state index contributed by atoms with van der Waals surface area (Å²) in [4.78, 5) is 27.5. The normalized spacial score (nSPS) is 11.4. The highest BCUT2D eigenvalue weighted by Gasteiger charge is 2.26. The zero-order chi connectivity index (χ0) is 33.2. The number of fused-ring (bicyclic) bond motifs is 1. The van der Waals surface area contributed by atoms with E-state index in [2.05, 4.69) is 10.2 Å². The third-order valence-corrected chi connectivity index (χ3v) is 8.54. The van der Waals surface area contributed by atoms with Gasteiger partial charge >= 0.3 is 12.5 Å². The largest absolute Gasteiger partial charge is 0.432 e. The van der Waals surface area contributed by atoms with Gasteiger partial charge < -0.3 is 4.74 Å². The lowest BCUT2D eigenvalue weighted by atomic mass is 9.97. The molecular formula is C34H19ClF5N3O3S. The monoisotopic (exact) mass is 679 g/mol. The number of nitrogens with zero attached hydrogens (tertiary/aromatic N) is 3. The van der Waals surface area contributed by atoms with Crippen molar-refractivity contribution in [3.8, 4) is 39.4 Å². The first-order valence-corrected chi connectivity index (χ1v) is 14.9. The van der Waals surface area contributed by atoms with E-state index in [9.17, 15) is 31.7 Å². The van der Waals surface area contributed by atoms with Gasteiger partial charge in [0.15, 0.2) is 5.75 Å². The molecule has 47 heavy (non-hydrogen) atoms. The van der Waals surface area contributed by atoms with E-state index in [1.54, 1.807) is 34.3 Å². The van der Waals surface area contributed by atoms with E-state index < -0.39 is 24.8 Å². The summed E-state index contributed by atoms with van der Waals surface area (Å²) in [6.07, 6.45) is -1.27. The Balaban J connectivity index is 1.62. The second-order valence-electron chi connectivity index (χ2n) is 10.0. The van der Waals surface area contributed by atoms with Crippen molar-refractivity contribution in [3.05, 3.63) is 130 Å². The van der Waals surface area contributed by atoms with Crippen molar-refractivity contribution in [1.82, 2.24) is 8.96 Å². The Morgan fingerprint density at radius 2 is 1.66 bits per heavy atom. The van der Waals surface area contributed by atoms with Gasteiger partial charge in [-0.05, 0) is 78.2 Å². The quantitative estimate of drug-likeness (QED) is 0.112. The first-order valence-electron chi connectivity index (χ1n) is 13.7. The topological polar surface area (TPSA) is 73.6 Å². The van der Waals surface area contributed by atoms with Crippen molar-refractivity contribution >= 4 is 40.4 Å². The number of alkyl halides is 4. The summed E-state index contributed by atoms with van der Waals surface area (Å²) in [7, 11) is 0. The third-order valence-electron chi connectivity index (χ3n) is 7.18. The molecule has 1 amide bonds. The fourth-order valence-electron chi connectivity index (χ4n) is 5.15. The zero-order valence-corrected chi connectivity index (χ0v) is 25.3. The molecule has 0 aliphatic heterocycles. The van der Waals surface area contributed by atoms with Crippen LogP contribution in [0.25, 0.3) is 44.5 Å². The van der Waals surface area contributed by atoms with Crippen LogP contribution in [-0.2, 0) is 0 Å². The van der Waals surface area contributed by atoms with E-state index in [1.807, 2.05) is 0 Å². The number of ether oxygens (including phenoxy) is 1. The molecule has 0 fully saturated rings. The van der Waals surface area contributed by atoms with E-state index in [-0.39, 0.29) is 33.2 Å². The number of hydrogen-bond acceptors (Lipinski definition) is 5. The number of aromatic nitrogens is 2. The maximum Gasteiger partial charge on any atom is 0.387 e. The number of pyridine rings is 1. The van der Waals surface area contributed by atoms with E-state index in [1.165, 1.54) is 72.9 Å². The Morgan fingerprint density at radius 3 is 2.36 bits per heavy atom. The SMILES string of the molecule is O=NC(=O)c1ccc(-c2cccc(-c3c(-c4ncccc4OC(F)F)c4cc(F)ccc4n3Sc3ccc(C(F)F)cc3)c2)c(Cl)c1. The van der Waals surface area contributed by atoms with Gasteiger partial charge in [0.1, 0.15) is 11.5 Å². The molecule has 6 aromatic rings. The van der Waals surface area contributed by atoms with Crippen LogP contribution in [0, 0.1) is 10.7 Å². The molecule has 0 unspecified atom stereocenters. The van der Waals surface area contributed by atoms with Crippen LogP contribution < -0.4 is 4.74 Å². The van der Waals surface area contributed by atoms with E-state index in [0.717, 1.165) is 11.9 Å². The zero-order valence-electron chi connectivity index (χ0n) is 23.7. The number of rotatable bonds is 9. The first-order chi connectivity index (χ1) is 22.6. The van der Waals surface area contributed by atoms with Gasteiger partial charge in [-0.2, -0.15) is 8.78 Å². The minimum Gasteiger partial charge on any atom is -0.432 e. The van der Waals surface area contributed by atoms with Gasteiger partial charge in [-0.3, -0.25) is 13.8 Å². The summed E-state index contributed by atoms with van der Waals surface area (Å²) >= 11 is 7.66. The Morgan fingerprint density at radius 1 is 0.894 bits per heavy atom. The van der Waals surface area contributed by atoms with Gasteiger partial charge in [0, 0.05) is 54.5 Å². The molecule has 0 aliphatic rings. The molecule has 0 radical (unpaired) electrons. The minimum atomic E-state index is -3.18. The van der Waals surface area contributed by atoms with Gasteiger partial charge in [0.25, 0.3) is 6.43 Å². The molecule has 0 atom stereocenters. The van der Waals surface area contributed by atoms with Crippen molar-refractivity contribution in [1.29, 1.82) is 0 Å². The smallest absolute Gasteiger partial charge is 0.387 e. The van der Waals surface area contributed by atoms with Gasteiger partial charge in [0.05, 0.1) is 11.2 Å². The average molecular weight is 680 g/mol. The number of amides is 1. The number of carbonyl (C=O) groups is 1. The molecule has 13 heteroatoms. The number of hydrogen-bond donors (Lipinski definition) is 0. The number of halogens is 6. The molecule has 6 rings (SSSR count). The first kappa shape index (κ1) is 31.9. The van der Waals surface area contributed by atoms with Gasteiger partial charge in [-0.15, -0.1) is 4.91 Å². The molecule has 4 aromatic carbocycles. The summed E-state index contributed by atoms with van der Waals surface area (Å²) in [6, 6.07) is 23.6. The van der Waals surface area contributed by atoms with Crippen LogP contribution in [0.4, 0.5) is 22.0 Å². The molecule has 2 aromatic heterocycles. The predicted octanol–water partition coefficient (Wildman–Crippen LogP) is 10.8. The third kappa shape index (κ3) is 6.47. The van der Waals surface area contributed by atoms with Crippen LogP contribution in [0.15, 0.2) is 113 Å². The van der Waals surface area contributed by atoms with Crippen LogP contribution in [0.5, 0.6) is 5.75 Å². The fourth-order valence-corrected chi connectivity index (χ4v) is 6.45. The van der Waals surface area contributed by atoms with Gasteiger partial charge in [0.2, 0.25) is 0 Å². The van der Waals surface area contributed by atoms with Crippen LogP contribution in [-0.4, -0.2) is 21.5 Å². The molecular weight excluding hydrogens is 661 g/mol. The molecule has 0 saturated heterocycles. The maximum absolute atomic E-state index is 14.9. The predicted molar refractivity (Wildman–Crippen MR) is 170 cm³/mol. The van der Waals surface area contributed by atoms with Crippen molar-refractivity contribution < 1.29 is 31.5 Å². The number of carbonyl (C=O) groups excluding carboxylic acids is 1. The second-order valence-corrected chi connectivity index (χ2v) is 11.5. The summed E-state index contributed by atoms with van der Waals surface area (Å²) in [5.74, 6) is -1.83. The van der Waals surface area contributed by atoms with E-state index in [4.69, 9.17) is 16.3 Å². The lowest BCUT2D eigenvalue weighted by Crippen LogP contribution is -2.04. The van der Waals surface area contributed by atoms with Crippen molar-refractivity contribution in [2.45, 2.75) is 17.9 Å². The Bertz CT molecular complexity index is 2140. The molecule has 0 N–H and O–H groups in total. The Kier molecular flexibility index (Phi) is 9.06. The molecule has 6 nitrogen and oxygen atoms in total. The highest BCUT2D eigenvalue weighted by atomic mass is 35.5. The van der Waals surface area contributed by atoms with Crippen LogP contribution in [0.2, 0.25) is 5.02 Å². The number of nitroso groups, excluding NO2 is 1. The van der Waals surface area contributed by atoms with Crippen LogP contribution in [0.3, 0.4) is 0 Å². The van der Waals surface area contributed by atoms with E-state index in [0.29, 0.717) is 38.2 Å². The summed E-state index contributed by atoms with van der Waals surface area (Å²) in [5, 5.41) is 2.90. The van der Waals surface area contributed by atoms with Gasteiger partial charge in [-0.1, -0.05) is 48.0 Å². The lowest BCUT2D eigenvalue weighted by molar-refractivity contribution is -0.0496. The minimum absolute atomic E-state index is 0.00492. The standard InChI is InChI=1S/C34H19ClF5N3O3S/c35-26-16-21(33(44)42-45)8-12-24(26)19-3-1-4-20(15-19)31-29(30-28(46-34(39)40)5-2-14-41-30)25-17-22(36)9-13-27(25)43(31)47-23-10-6-18(7-11-23)32(37)38/h1-17,32,34H.